The molecule has 3 N–H and O–H groups in total. The fourth-order valence-corrected chi connectivity index (χ4v) is 1.32. The predicted molar refractivity (Wildman–Crippen MR) is 42.3 cm³/mol. The summed E-state index contributed by atoms with van der Waals surface area (Å²) in [6, 6.07) is 0.559. The first-order chi connectivity index (χ1) is 5.95. The molecule has 1 fully saturated rings. The minimum absolute atomic E-state index is 0.559. The van der Waals surface area contributed by atoms with Crippen LogP contribution in [0.2, 0.25) is 0 Å². The maximum Gasteiger partial charge on any atom is 0.188 e. The lowest BCUT2D eigenvalue weighted by Crippen LogP contribution is -2.30. The smallest absolute Gasteiger partial charge is 0.188 e. The van der Waals surface area contributed by atoms with E-state index in [4.69, 9.17) is 0 Å². The van der Waals surface area contributed by atoms with Crippen LogP contribution in [0.1, 0.15) is 12.2 Å². The Morgan fingerprint density at radius 3 is 3.25 bits per heavy atom. The van der Waals surface area contributed by atoms with Crippen molar-refractivity contribution < 1.29 is 0 Å². The molecule has 0 saturated carbocycles. The second kappa shape index (κ2) is 3.59. The molecule has 6 heteroatoms. The Balaban J connectivity index is 1.74. The summed E-state index contributed by atoms with van der Waals surface area (Å²) in [5.74, 6) is 0.724. The van der Waals surface area contributed by atoms with Crippen LogP contribution >= 0.6 is 0 Å². The van der Waals surface area contributed by atoms with Gasteiger partial charge in [0.2, 0.25) is 0 Å². The van der Waals surface area contributed by atoms with Crippen LogP contribution in [-0.4, -0.2) is 39.8 Å². The van der Waals surface area contributed by atoms with Gasteiger partial charge in [0.05, 0.1) is 6.54 Å². The fraction of sp³-hybridized carbons (Fsp3) is 0.833. The molecule has 1 aromatic heterocycles. The molecule has 0 spiro atoms. The molecule has 66 valence electrons. The Labute approximate surface area is 70.1 Å². The minimum Gasteiger partial charge on any atom is -0.315 e. The van der Waals surface area contributed by atoms with Crippen LogP contribution in [0.3, 0.4) is 0 Å². The van der Waals surface area contributed by atoms with Crippen molar-refractivity contribution in [3.05, 3.63) is 5.82 Å². The highest BCUT2D eigenvalue weighted by Gasteiger charge is 2.13. The molecule has 1 aromatic rings. The number of aromatic amines is 1. The molecule has 1 aliphatic rings. The maximum atomic E-state index is 3.85. The molecule has 2 heterocycles. The molecule has 0 radical (unpaired) electrons. The third-order valence-electron chi connectivity index (χ3n) is 2.00. The first-order valence-electron chi connectivity index (χ1n) is 4.11. The van der Waals surface area contributed by atoms with Gasteiger partial charge in [-0.25, -0.2) is 0 Å². The van der Waals surface area contributed by atoms with E-state index in [1.54, 1.807) is 0 Å². The zero-order chi connectivity index (χ0) is 8.23. The van der Waals surface area contributed by atoms with Crippen LogP contribution in [0.15, 0.2) is 0 Å². The van der Waals surface area contributed by atoms with E-state index in [1.807, 2.05) is 0 Å². The quantitative estimate of drug-likeness (QED) is 0.520. The molecule has 6 nitrogen and oxygen atoms in total. The standard InChI is InChI=1S/C6H12N6/c1-2-7-3-5(1)8-4-6-9-11-12-10-6/h5,7-8H,1-4H2,(H,9,10,11,12). The summed E-state index contributed by atoms with van der Waals surface area (Å²) in [5.41, 5.74) is 0. The summed E-state index contributed by atoms with van der Waals surface area (Å²) in [6.45, 7) is 2.84. The lowest BCUT2D eigenvalue weighted by atomic mass is 10.2. The van der Waals surface area contributed by atoms with Gasteiger partial charge in [-0.3, -0.25) is 0 Å². The van der Waals surface area contributed by atoms with E-state index >= 15 is 0 Å². The van der Waals surface area contributed by atoms with Gasteiger partial charge in [-0.15, -0.1) is 10.2 Å². The van der Waals surface area contributed by atoms with Gasteiger partial charge in [0, 0.05) is 12.6 Å². The van der Waals surface area contributed by atoms with Crippen LogP contribution in [0, 0.1) is 0 Å². The first kappa shape index (κ1) is 7.63. The topological polar surface area (TPSA) is 78.5 Å². The van der Waals surface area contributed by atoms with Crippen LogP contribution in [0.4, 0.5) is 0 Å². The first-order valence-corrected chi connectivity index (χ1v) is 4.11. The van der Waals surface area contributed by atoms with Crippen molar-refractivity contribution in [2.45, 2.75) is 19.0 Å². The number of aromatic nitrogens is 4. The molecular weight excluding hydrogens is 156 g/mol. The highest BCUT2D eigenvalue weighted by molar-refractivity contribution is 4.81. The second-order valence-corrected chi connectivity index (χ2v) is 2.90. The van der Waals surface area contributed by atoms with E-state index in [0.29, 0.717) is 12.6 Å². The molecular formula is C6H12N6. The Hall–Kier alpha value is -1.01. The summed E-state index contributed by atoms with van der Waals surface area (Å²) < 4.78 is 0. The predicted octanol–water partition coefficient (Wildman–Crippen LogP) is -1.35. The SMILES string of the molecule is C1CC(NCc2nn[nH]n2)CN1. The number of rotatable bonds is 3. The van der Waals surface area contributed by atoms with Crippen molar-refractivity contribution in [2.24, 2.45) is 0 Å². The molecule has 0 amide bonds. The molecule has 0 aliphatic carbocycles. The number of nitrogens with one attached hydrogen (secondary N) is 3. The summed E-state index contributed by atoms with van der Waals surface area (Å²) in [6.07, 6.45) is 1.18. The van der Waals surface area contributed by atoms with Crippen molar-refractivity contribution >= 4 is 0 Å². The van der Waals surface area contributed by atoms with Crippen molar-refractivity contribution in [1.82, 2.24) is 31.3 Å². The fourth-order valence-electron chi connectivity index (χ4n) is 1.32. The zero-order valence-corrected chi connectivity index (χ0v) is 6.75. The third-order valence-corrected chi connectivity index (χ3v) is 2.00. The van der Waals surface area contributed by atoms with Gasteiger partial charge < -0.3 is 10.6 Å². The monoisotopic (exact) mass is 168 g/mol. The van der Waals surface area contributed by atoms with Crippen LogP contribution in [0.5, 0.6) is 0 Å². The van der Waals surface area contributed by atoms with E-state index in [9.17, 15) is 0 Å². The van der Waals surface area contributed by atoms with Crippen molar-refractivity contribution in [3.63, 3.8) is 0 Å². The third kappa shape index (κ3) is 1.77. The molecule has 0 bridgehead atoms. The van der Waals surface area contributed by atoms with Gasteiger partial charge in [0.1, 0.15) is 0 Å². The Morgan fingerprint density at radius 1 is 1.58 bits per heavy atom. The average molecular weight is 168 g/mol. The number of nitrogens with zero attached hydrogens (tertiary/aromatic N) is 3. The number of H-pyrrole nitrogens is 1. The van der Waals surface area contributed by atoms with Crippen LogP contribution in [0.25, 0.3) is 0 Å². The highest BCUT2D eigenvalue weighted by Crippen LogP contribution is 1.97. The van der Waals surface area contributed by atoms with Gasteiger partial charge in [-0.1, -0.05) is 5.21 Å². The van der Waals surface area contributed by atoms with E-state index in [-0.39, 0.29) is 0 Å². The van der Waals surface area contributed by atoms with Gasteiger partial charge in [-0.05, 0) is 13.0 Å². The van der Waals surface area contributed by atoms with Gasteiger partial charge in [0.15, 0.2) is 5.82 Å². The van der Waals surface area contributed by atoms with Crippen molar-refractivity contribution in [2.75, 3.05) is 13.1 Å². The molecule has 0 aromatic carbocycles. The number of hydrogen-bond donors (Lipinski definition) is 3. The maximum absolute atomic E-state index is 3.85. The van der Waals surface area contributed by atoms with Gasteiger partial charge in [-0.2, -0.15) is 5.21 Å². The van der Waals surface area contributed by atoms with E-state index in [1.165, 1.54) is 6.42 Å². The minimum atomic E-state index is 0.559. The van der Waals surface area contributed by atoms with Gasteiger partial charge in [0.25, 0.3) is 0 Å². The molecule has 1 saturated heterocycles. The number of hydrogen-bond acceptors (Lipinski definition) is 5. The largest absolute Gasteiger partial charge is 0.315 e. The van der Waals surface area contributed by atoms with Gasteiger partial charge >= 0.3 is 0 Å². The summed E-state index contributed by atoms with van der Waals surface area (Å²) >= 11 is 0. The summed E-state index contributed by atoms with van der Waals surface area (Å²) in [4.78, 5) is 0. The lowest BCUT2D eigenvalue weighted by molar-refractivity contribution is 0.535. The van der Waals surface area contributed by atoms with Crippen LogP contribution in [-0.2, 0) is 6.54 Å². The van der Waals surface area contributed by atoms with E-state index in [2.05, 4.69) is 31.3 Å². The molecule has 1 aliphatic heterocycles. The molecule has 1 atom stereocenters. The summed E-state index contributed by atoms with van der Waals surface area (Å²) in [5, 5.41) is 20.2. The van der Waals surface area contributed by atoms with E-state index < -0.39 is 0 Å². The molecule has 1 unspecified atom stereocenters. The zero-order valence-electron chi connectivity index (χ0n) is 6.75. The number of tetrazole rings is 1. The molecule has 12 heavy (non-hydrogen) atoms. The van der Waals surface area contributed by atoms with E-state index in [0.717, 1.165) is 18.9 Å². The molecule has 2 rings (SSSR count). The highest BCUT2D eigenvalue weighted by atomic mass is 15.5. The van der Waals surface area contributed by atoms with Crippen LogP contribution < -0.4 is 10.6 Å². The van der Waals surface area contributed by atoms with Crippen molar-refractivity contribution in [3.8, 4) is 0 Å². The Morgan fingerprint density at radius 2 is 2.58 bits per heavy atom. The Kier molecular flexibility index (Phi) is 2.28. The second-order valence-electron chi connectivity index (χ2n) is 2.90. The van der Waals surface area contributed by atoms with Crippen molar-refractivity contribution in [1.29, 1.82) is 0 Å². The summed E-state index contributed by atoms with van der Waals surface area (Å²) in [7, 11) is 0. The average Bonchev–Trinajstić information content (AvgIpc) is 2.74. The Bertz CT molecular complexity index is 214. The normalized spacial score (nSPS) is 23.2. The lowest BCUT2D eigenvalue weighted by Gasteiger charge is -2.07.